The van der Waals surface area contributed by atoms with Gasteiger partial charge in [-0.3, -0.25) is 9.36 Å². The number of halogens is 1. The number of phenols is 2. The van der Waals surface area contributed by atoms with Crippen molar-refractivity contribution < 1.29 is 15.0 Å². The third kappa shape index (κ3) is 4.47. The first kappa shape index (κ1) is 19.8. The summed E-state index contributed by atoms with van der Waals surface area (Å²) in [6.07, 6.45) is 1.68. The van der Waals surface area contributed by atoms with Crippen LogP contribution in [0.3, 0.4) is 0 Å². The van der Waals surface area contributed by atoms with Gasteiger partial charge in [-0.2, -0.15) is 0 Å². The van der Waals surface area contributed by atoms with Gasteiger partial charge in [0.25, 0.3) is 0 Å². The lowest BCUT2D eigenvalue weighted by atomic mass is 10.2. The van der Waals surface area contributed by atoms with E-state index in [2.05, 4.69) is 22.1 Å². The summed E-state index contributed by atoms with van der Waals surface area (Å²) in [6, 6.07) is 11.3. The fourth-order valence-corrected chi connectivity index (χ4v) is 3.39. The van der Waals surface area contributed by atoms with Crippen LogP contribution in [0.5, 0.6) is 11.5 Å². The van der Waals surface area contributed by atoms with Crippen molar-refractivity contribution in [2.45, 2.75) is 11.7 Å². The van der Waals surface area contributed by atoms with Crippen molar-refractivity contribution in [3.8, 4) is 22.9 Å². The number of rotatable bonds is 7. The van der Waals surface area contributed by atoms with Crippen molar-refractivity contribution in [1.82, 2.24) is 14.8 Å². The largest absolute Gasteiger partial charge is 0.507 e. The number of hydrogen-bond donors (Lipinski definition) is 3. The fraction of sp³-hybridized carbons (Fsp3) is 0.105. The second-order valence-electron chi connectivity index (χ2n) is 5.72. The van der Waals surface area contributed by atoms with E-state index in [1.54, 1.807) is 41.0 Å². The topological polar surface area (TPSA) is 100 Å². The van der Waals surface area contributed by atoms with Gasteiger partial charge in [-0.05, 0) is 24.3 Å². The number of carbonyl (C=O) groups excluding carboxylic acids is 1. The molecule has 0 saturated heterocycles. The van der Waals surface area contributed by atoms with E-state index < -0.39 is 0 Å². The van der Waals surface area contributed by atoms with Crippen molar-refractivity contribution in [2.75, 3.05) is 11.1 Å². The Morgan fingerprint density at radius 2 is 2.00 bits per heavy atom. The summed E-state index contributed by atoms with van der Waals surface area (Å²) >= 11 is 6.97. The van der Waals surface area contributed by atoms with Crippen molar-refractivity contribution in [1.29, 1.82) is 0 Å². The zero-order chi connectivity index (χ0) is 20.1. The molecule has 3 aromatic rings. The van der Waals surface area contributed by atoms with E-state index in [0.29, 0.717) is 28.1 Å². The highest BCUT2D eigenvalue weighted by atomic mass is 35.5. The molecular formula is C19H17ClN4O3S. The maximum Gasteiger partial charge on any atom is 0.234 e. The third-order valence-electron chi connectivity index (χ3n) is 3.74. The van der Waals surface area contributed by atoms with Gasteiger partial charge in [0, 0.05) is 17.6 Å². The average Bonchev–Trinajstić information content (AvgIpc) is 3.06. The summed E-state index contributed by atoms with van der Waals surface area (Å²) in [4.78, 5) is 12.2. The average molecular weight is 417 g/mol. The van der Waals surface area contributed by atoms with Crippen LogP contribution < -0.4 is 5.32 Å². The highest BCUT2D eigenvalue weighted by Crippen LogP contribution is 2.30. The molecule has 0 aliphatic carbocycles. The first-order valence-electron chi connectivity index (χ1n) is 8.23. The number of para-hydroxylation sites is 1. The van der Waals surface area contributed by atoms with Gasteiger partial charge in [0.05, 0.1) is 17.0 Å². The number of allylic oxidation sites excluding steroid dienone is 1. The van der Waals surface area contributed by atoms with Gasteiger partial charge in [0.15, 0.2) is 11.0 Å². The van der Waals surface area contributed by atoms with Gasteiger partial charge in [0.1, 0.15) is 11.5 Å². The maximum atomic E-state index is 12.2. The number of aromatic hydroxyl groups is 2. The smallest absolute Gasteiger partial charge is 0.234 e. The van der Waals surface area contributed by atoms with Crippen molar-refractivity contribution >= 4 is 35.0 Å². The predicted octanol–water partition coefficient (Wildman–Crippen LogP) is 3.93. The molecule has 0 bridgehead atoms. The van der Waals surface area contributed by atoms with Crippen LogP contribution in [0.1, 0.15) is 0 Å². The molecule has 1 amide bonds. The number of aromatic nitrogens is 3. The molecule has 3 N–H and O–H groups in total. The van der Waals surface area contributed by atoms with Crippen molar-refractivity contribution in [3.05, 3.63) is 60.1 Å². The van der Waals surface area contributed by atoms with Gasteiger partial charge in [-0.25, -0.2) is 0 Å². The minimum atomic E-state index is -0.320. The Morgan fingerprint density at radius 1 is 1.21 bits per heavy atom. The number of benzene rings is 2. The third-order valence-corrected chi connectivity index (χ3v) is 4.94. The van der Waals surface area contributed by atoms with E-state index in [9.17, 15) is 15.0 Å². The molecule has 3 rings (SSSR count). The molecule has 0 radical (unpaired) electrons. The molecule has 7 nitrogen and oxygen atoms in total. The SMILES string of the molecule is C=CCn1c(SCC(=O)Nc2ccc(Cl)cc2O)nnc1-c1ccccc1O. The molecule has 144 valence electrons. The van der Waals surface area contributed by atoms with E-state index in [4.69, 9.17) is 11.6 Å². The summed E-state index contributed by atoms with van der Waals surface area (Å²) in [6.45, 7) is 4.15. The summed E-state index contributed by atoms with van der Waals surface area (Å²) in [5, 5.41) is 31.7. The van der Waals surface area contributed by atoms with Crippen molar-refractivity contribution in [2.24, 2.45) is 0 Å². The number of carbonyl (C=O) groups is 1. The molecule has 9 heteroatoms. The lowest BCUT2D eigenvalue weighted by Crippen LogP contribution is -2.14. The van der Waals surface area contributed by atoms with E-state index in [1.165, 1.54) is 23.9 Å². The van der Waals surface area contributed by atoms with Gasteiger partial charge in [0.2, 0.25) is 5.91 Å². The number of phenolic OH excluding ortho intramolecular Hbond substituents is 2. The molecule has 0 spiro atoms. The lowest BCUT2D eigenvalue weighted by Gasteiger charge is -2.09. The van der Waals surface area contributed by atoms with Gasteiger partial charge in [-0.15, -0.1) is 16.8 Å². The number of hydrogen-bond acceptors (Lipinski definition) is 6. The number of anilines is 1. The fourth-order valence-electron chi connectivity index (χ4n) is 2.48. The molecule has 1 heterocycles. The molecule has 0 aliphatic heterocycles. The lowest BCUT2D eigenvalue weighted by molar-refractivity contribution is -0.113. The highest BCUT2D eigenvalue weighted by Gasteiger charge is 2.17. The van der Waals surface area contributed by atoms with Crippen molar-refractivity contribution in [3.63, 3.8) is 0 Å². The molecule has 2 aromatic carbocycles. The Balaban J connectivity index is 1.74. The normalized spacial score (nSPS) is 10.6. The van der Waals surface area contributed by atoms with Gasteiger partial charge < -0.3 is 15.5 Å². The first-order valence-corrected chi connectivity index (χ1v) is 9.59. The van der Waals surface area contributed by atoms with Gasteiger partial charge >= 0.3 is 0 Å². The monoisotopic (exact) mass is 416 g/mol. The maximum absolute atomic E-state index is 12.2. The van der Waals surface area contributed by atoms with Crippen LogP contribution >= 0.6 is 23.4 Å². The number of thioether (sulfide) groups is 1. The second kappa shape index (κ2) is 8.81. The van der Waals surface area contributed by atoms with Gasteiger partial charge in [-0.1, -0.05) is 41.6 Å². The summed E-state index contributed by atoms with van der Waals surface area (Å²) in [5.41, 5.74) is 0.816. The highest BCUT2D eigenvalue weighted by molar-refractivity contribution is 7.99. The Kier molecular flexibility index (Phi) is 6.23. The molecular weight excluding hydrogens is 400 g/mol. The number of nitrogens with one attached hydrogen (secondary N) is 1. The van der Waals surface area contributed by atoms with Crippen LogP contribution in [0.4, 0.5) is 5.69 Å². The number of amides is 1. The molecule has 0 aliphatic rings. The summed E-state index contributed by atoms with van der Waals surface area (Å²) < 4.78 is 1.76. The number of nitrogens with zero attached hydrogens (tertiary/aromatic N) is 3. The first-order chi connectivity index (χ1) is 13.5. The van der Waals surface area contributed by atoms with Crippen LogP contribution in [-0.2, 0) is 11.3 Å². The van der Waals surface area contributed by atoms with Crippen LogP contribution in [0.15, 0.2) is 60.3 Å². The second-order valence-corrected chi connectivity index (χ2v) is 7.10. The zero-order valence-electron chi connectivity index (χ0n) is 14.7. The van der Waals surface area contributed by atoms with E-state index in [0.717, 1.165) is 0 Å². The van der Waals surface area contributed by atoms with E-state index in [-0.39, 0.29) is 28.8 Å². The standard InChI is InChI=1S/C19H17ClN4O3S/c1-2-9-24-18(13-5-3-4-6-15(13)25)22-23-19(24)28-11-17(27)21-14-8-7-12(20)10-16(14)26/h2-8,10,25-26H,1,9,11H2,(H,21,27). The Hall–Kier alpha value is -2.97. The van der Waals surface area contributed by atoms with Crippen LogP contribution in [0.2, 0.25) is 5.02 Å². The molecule has 0 atom stereocenters. The summed E-state index contributed by atoms with van der Waals surface area (Å²) in [5.74, 6) is 0.198. The molecule has 1 aromatic heterocycles. The van der Waals surface area contributed by atoms with Crippen LogP contribution in [-0.4, -0.2) is 36.6 Å². The minimum absolute atomic E-state index is 0.0537. The molecule has 0 unspecified atom stereocenters. The molecule has 0 fully saturated rings. The predicted molar refractivity (Wildman–Crippen MR) is 110 cm³/mol. The zero-order valence-corrected chi connectivity index (χ0v) is 16.2. The Labute approximate surface area is 170 Å². The quantitative estimate of drug-likeness (QED) is 0.306. The van der Waals surface area contributed by atoms with E-state index in [1.807, 2.05) is 0 Å². The van der Waals surface area contributed by atoms with Crippen LogP contribution in [0.25, 0.3) is 11.4 Å². The summed E-state index contributed by atoms with van der Waals surface area (Å²) in [7, 11) is 0. The van der Waals surface area contributed by atoms with E-state index >= 15 is 0 Å². The molecule has 28 heavy (non-hydrogen) atoms. The minimum Gasteiger partial charge on any atom is -0.507 e. The van der Waals surface area contributed by atoms with Crippen LogP contribution in [0, 0.1) is 0 Å². The Morgan fingerprint density at radius 3 is 2.71 bits per heavy atom. The Bertz CT molecular complexity index is 1020. The molecule has 0 saturated carbocycles.